The highest BCUT2D eigenvalue weighted by Crippen LogP contribution is 2.29. The molecule has 3 rings (SSSR count). The van der Waals surface area contributed by atoms with E-state index in [2.05, 4.69) is 27.1 Å². The highest BCUT2D eigenvalue weighted by Gasteiger charge is 2.26. The van der Waals surface area contributed by atoms with Crippen LogP contribution in [-0.2, 0) is 6.42 Å². The van der Waals surface area contributed by atoms with Crippen LogP contribution in [0.25, 0.3) is 0 Å². The number of aliphatic hydroxyl groups is 1. The molecule has 0 amide bonds. The molecule has 2 aromatic rings. The fourth-order valence-electron chi connectivity index (χ4n) is 3.31. The molecule has 9 heteroatoms. The second-order valence-corrected chi connectivity index (χ2v) is 6.62. The molecule has 1 fully saturated rings. The van der Waals surface area contributed by atoms with Gasteiger partial charge in [0.2, 0.25) is 5.95 Å². The predicted octanol–water partition coefficient (Wildman–Crippen LogP) is 2.62. The zero-order chi connectivity index (χ0) is 19.4. The van der Waals surface area contributed by atoms with Crippen LogP contribution < -0.4 is 16.0 Å². The van der Waals surface area contributed by atoms with Crippen LogP contribution in [0.15, 0.2) is 24.3 Å². The summed E-state index contributed by atoms with van der Waals surface area (Å²) >= 11 is 0. The normalized spacial score (nSPS) is 16.5. The van der Waals surface area contributed by atoms with Gasteiger partial charge >= 0.3 is 0 Å². The van der Waals surface area contributed by atoms with E-state index in [1.807, 2.05) is 6.07 Å². The second-order valence-electron chi connectivity index (χ2n) is 6.62. The maximum absolute atomic E-state index is 11.1. The minimum atomic E-state index is -0.517. The Labute approximate surface area is 157 Å². The highest BCUT2D eigenvalue weighted by molar-refractivity contribution is 5.68. The lowest BCUT2D eigenvalue weighted by Crippen LogP contribution is -2.33. The van der Waals surface area contributed by atoms with Gasteiger partial charge in [0.25, 0.3) is 5.69 Å². The van der Waals surface area contributed by atoms with Crippen molar-refractivity contribution in [2.24, 2.45) is 0 Å². The summed E-state index contributed by atoms with van der Waals surface area (Å²) in [4.78, 5) is 21.8. The molecule has 27 heavy (non-hydrogen) atoms. The van der Waals surface area contributed by atoms with Gasteiger partial charge in [-0.3, -0.25) is 10.1 Å². The molecule has 1 aromatic heterocycles. The summed E-state index contributed by atoms with van der Waals surface area (Å²) in [6.07, 6.45) is 3.66. The zero-order valence-electron chi connectivity index (χ0n) is 15.3. The summed E-state index contributed by atoms with van der Waals surface area (Å²) in [5, 5.41) is 23.8. The summed E-state index contributed by atoms with van der Waals surface area (Å²) < 4.78 is 0. The number of nitrogens with zero attached hydrogens (tertiary/aromatic N) is 4. The van der Waals surface area contributed by atoms with Crippen LogP contribution in [0.3, 0.4) is 0 Å². The summed E-state index contributed by atoms with van der Waals surface area (Å²) in [6, 6.07) is 6.52. The van der Waals surface area contributed by atoms with E-state index >= 15 is 0 Å². The first-order valence-electron chi connectivity index (χ1n) is 9.08. The number of anilines is 4. The number of nitrogens with one attached hydrogen (secondary N) is 1. The largest absolute Gasteiger partial charge is 0.394 e. The van der Waals surface area contributed by atoms with Crippen LogP contribution in [-0.4, -0.2) is 39.2 Å². The number of rotatable bonds is 7. The third-order valence-corrected chi connectivity index (χ3v) is 4.64. The van der Waals surface area contributed by atoms with Crippen LogP contribution in [0.4, 0.5) is 28.8 Å². The van der Waals surface area contributed by atoms with Gasteiger partial charge in [0, 0.05) is 30.1 Å². The minimum Gasteiger partial charge on any atom is -0.394 e. The Morgan fingerprint density at radius 3 is 2.93 bits per heavy atom. The standard InChI is InChI=1S/C18H24N6O3/c1-2-4-12-10-17(23-8-3-5-14(23)11-25)22-18(20-12)21-13-6-7-15(19)16(9-13)24(26)27/h6-7,9-10,14,25H,2-5,8,11,19H2,1H3,(H,20,21,22)/t14-/m0/s1. The van der Waals surface area contributed by atoms with E-state index in [4.69, 9.17) is 5.73 Å². The Morgan fingerprint density at radius 1 is 1.41 bits per heavy atom. The van der Waals surface area contributed by atoms with Crippen LogP contribution >= 0.6 is 0 Å². The molecule has 0 saturated carbocycles. The van der Waals surface area contributed by atoms with Gasteiger partial charge in [-0.15, -0.1) is 0 Å². The predicted molar refractivity (Wildman–Crippen MR) is 104 cm³/mol. The summed E-state index contributed by atoms with van der Waals surface area (Å²) in [6.45, 7) is 2.99. The molecule has 1 aromatic carbocycles. The Morgan fingerprint density at radius 2 is 2.22 bits per heavy atom. The molecule has 2 heterocycles. The maximum Gasteiger partial charge on any atom is 0.294 e. The molecule has 9 nitrogen and oxygen atoms in total. The second kappa shape index (κ2) is 8.17. The van der Waals surface area contributed by atoms with Crippen molar-refractivity contribution >= 4 is 28.8 Å². The first-order chi connectivity index (χ1) is 13.0. The fourth-order valence-corrected chi connectivity index (χ4v) is 3.31. The lowest BCUT2D eigenvalue weighted by Gasteiger charge is -2.25. The molecule has 4 N–H and O–H groups in total. The minimum absolute atomic E-state index is 0.0554. The van der Waals surface area contributed by atoms with Gasteiger partial charge in [-0.2, -0.15) is 4.98 Å². The number of nitro groups is 1. The molecule has 0 aliphatic carbocycles. The van der Waals surface area contributed by atoms with Crippen molar-refractivity contribution in [1.82, 2.24) is 9.97 Å². The average Bonchev–Trinajstić information content (AvgIpc) is 3.12. The topological polar surface area (TPSA) is 130 Å². The molecule has 1 atom stereocenters. The quantitative estimate of drug-likeness (QED) is 0.384. The lowest BCUT2D eigenvalue weighted by molar-refractivity contribution is -0.383. The molecule has 0 unspecified atom stereocenters. The molecule has 1 saturated heterocycles. The first kappa shape index (κ1) is 18.8. The molecule has 0 radical (unpaired) electrons. The van der Waals surface area contributed by atoms with Crippen molar-refractivity contribution in [2.75, 3.05) is 29.1 Å². The van der Waals surface area contributed by atoms with E-state index in [1.54, 1.807) is 6.07 Å². The van der Waals surface area contributed by atoms with E-state index < -0.39 is 4.92 Å². The molecule has 0 spiro atoms. The Balaban J connectivity index is 1.93. The Bertz CT molecular complexity index is 829. The van der Waals surface area contributed by atoms with Crippen molar-refractivity contribution in [2.45, 2.75) is 38.6 Å². The number of benzene rings is 1. The van der Waals surface area contributed by atoms with Crippen molar-refractivity contribution in [3.05, 3.63) is 40.1 Å². The number of nitrogens with two attached hydrogens (primary N) is 1. The van der Waals surface area contributed by atoms with Gasteiger partial charge in [0.05, 0.1) is 17.6 Å². The smallest absolute Gasteiger partial charge is 0.294 e. The van der Waals surface area contributed by atoms with E-state index in [-0.39, 0.29) is 24.0 Å². The van der Waals surface area contributed by atoms with Crippen LogP contribution in [0.1, 0.15) is 31.9 Å². The monoisotopic (exact) mass is 372 g/mol. The molecular formula is C18H24N6O3. The van der Waals surface area contributed by atoms with Crippen molar-refractivity contribution in [1.29, 1.82) is 0 Å². The van der Waals surface area contributed by atoms with E-state index in [0.29, 0.717) is 11.6 Å². The fraction of sp³-hybridized carbons (Fsp3) is 0.444. The number of aliphatic hydroxyl groups excluding tert-OH is 1. The van der Waals surface area contributed by atoms with Crippen LogP contribution in [0.5, 0.6) is 0 Å². The van der Waals surface area contributed by atoms with E-state index in [0.717, 1.165) is 43.7 Å². The Hall–Kier alpha value is -2.94. The number of aromatic nitrogens is 2. The summed E-state index contributed by atoms with van der Waals surface area (Å²) in [5.41, 5.74) is 6.98. The third kappa shape index (κ3) is 4.25. The van der Waals surface area contributed by atoms with Gasteiger partial charge in [0.1, 0.15) is 11.5 Å². The van der Waals surface area contributed by atoms with Gasteiger partial charge in [-0.05, 0) is 31.4 Å². The molecule has 1 aliphatic rings. The average molecular weight is 372 g/mol. The SMILES string of the molecule is CCCc1cc(N2CCC[C@H]2CO)nc(Nc2ccc(N)c([N+](=O)[O-])c2)n1. The summed E-state index contributed by atoms with van der Waals surface area (Å²) in [7, 11) is 0. The number of nitro benzene ring substituents is 1. The molecule has 144 valence electrons. The highest BCUT2D eigenvalue weighted by atomic mass is 16.6. The van der Waals surface area contributed by atoms with Gasteiger partial charge in [0.15, 0.2) is 0 Å². The van der Waals surface area contributed by atoms with Crippen molar-refractivity contribution in [3.8, 4) is 0 Å². The zero-order valence-corrected chi connectivity index (χ0v) is 15.3. The van der Waals surface area contributed by atoms with Gasteiger partial charge < -0.3 is 21.1 Å². The number of hydrogen-bond donors (Lipinski definition) is 3. The molecule has 1 aliphatic heterocycles. The van der Waals surface area contributed by atoms with Crippen molar-refractivity contribution < 1.29 is 10.0 Å². The molecular weight excluding hydrogens is 348 g/mol. The van der Waals surface area contributed by atoms with E-state index in [9.17, 15) is 15.2 Å². The third-order valence-electron chi connectivity index (χ3n) is 4.64. The molecule has 0 bridgehead atoms. The number of hydrogen-bond acceptors (Lipinski definition) is 8. The van der Waals surface area contributed by atoms with Crippen LogP contribution in [0, 0.1) is 10.1 Å². The van der Waals surface area contributed by atoms with Crippen LogP contribution in [0.2, 0.25) is 0 Å². The number of aryl methyl sites for hydroxylation is 1. The van der Waals surface area contributed by atoms with Gasteiger partial charge in [-0.1, -0.05) is 13.3 Å². The lowest BCUT2D eigenvalue weighted by atomic mass is 10.2. The summed E-state index contributed by atoms with van der Waals surface area (Å²) in [5.74, 6) is 1.14. The van der Waals surface area contributed by atoms with E-state index in [1.165, 1.54) is 12.1 Å². The Kier molecular flexibility index (Phi) is 5.70. The van der Waals surface area contributed by atoms with Gasteiger partial charge in [-0.25, -0.2) is 4.98 Å². The maximum atomic E-state index is 11.1. The van der Waals surface area contributed by atoms with Crippen molar-refractivity contribution in [3.63, 3.8) is 0 Å². The number of nitrogen functional groups attached to an aromatic ring is 1. The first-order valence-corrected chi connectivity index (χ1v) is 9.08.